The van der Waals surface area contributed by atoms with Crippen molar-refractivity contribution in [3.8, 4) is 0 Å². The van der Waals surface area contributed by atoms with Crippen LogP contribution in [0.2, 0.25) is 5.02 Å². The number of amides is 2. The third kappa shape index (κ3) is 2.95. The van der Waals surface area contributed by atoms with Crippen LogP contribution in [0.25, 0.3) is 0 Å². The summed E-state index contributed by atoms with van der Waals surface area (Å²) in [7, 11) is 0. The highest BCUT2D eigenvalue weighted by molar-refractivity contribution is 6.30. The van der Waals surface area contributed by atoms with Crippen LogP contribution in [0.4, 0.5) is 17.1 Å². The number of benzene rings is 3. The lowest BCUT2D eigenvalue weighted by molar-refractivity contribution is -0.126. The van der Waals surface area contributed by atoms with Gasteiger partial charge in [-0.25, -0.2) is 0 Å². The van der Waals surface area contributed by atoms with Gasteiger partial charge in [0.05, 0.1) is 17.8 Å². The van der Waals surface area contributed by atoms with Gasteiger partial charge in [-0.05, 0) is 42.0 Å². The van der Waals surface area contributed by atoms with Crippen LogP contribution in [-0.2, 0) is 9.59 Å². The molecule has 0 radical (unpaired) electrons. The second-order valence-corrected chi connectivity index (χ2v) is 7.60. The molecule has 5 rings (SSSR count). The molecule has 2 amide bonds. The lowest BCUT2D eigenvalue weighted by Gasteiger charge is -2.50. The van der Waals surface area contributed by atoms with E-state index in [0.717, 1.165) is 22.6 Å². The Morgan fingerprint density at radius 1 is 0.897 bits per heavy atom. The molecule has 2 unspecified atom stereocenters. The van der Waals surface area contributed by atoms with Gasteiger partial charge in [0.1, 0.15) is 12.2 Å². The molecular formula is C23H18ClN3O2. The van der Waals surface area contributed by atoms with Gasteiger partial charge in [0, 0.05) is 10.7 Å². The largest absolute Gasteiger partial charge is 0.333 e. The monoisotopic (exact) mass is 403 g/mol. The van der Waals surface area contributed by atoms with Crippen molar-refractivity contribution in [1.29, 1.82) is 0 Å². The van der Waals surface area contributed by atoms with Gasteiger partial charge in [-0.2, -0.15) is 0 Å². The average molecular weight is 404 g/mol. The fourth-order valence-corrected chi connectivity index (χ4v) is 4.38. The first-order valence-electron chi connectivity index (χ1n) is 9.44. The van der Waals surface area contributed by atoms with Gasteiger partial charge in [-0.3, -0.25) is 14.5 Å². The molecule has 6 heteroatoms. The van der Waals surface area contributed by atoms with Gasteiger partial charge >= 0.3 is 0 Å². The smallest absolute Gasteiger partial charge is 0.247 e. The van der Waals surface area contributed by atoms with E-state index in [0.29, 0.717) is 5.02 Å². The number of carbonyl (C=O) groups is 2. The molecule has 3 aromatic rings. The van der Waals surface area contributed by atoms with Crippen LogP contribution in [0.15, 0.2) is 78.9 Å². The first kappa shape index (κ1) is 17.8. The van der Waals surface area contributed by atoms with Gasteiger partial charge in [0.25, 0.3) is 0 Å². The van der Waals surface area contributed by atoms with Crippen molar-refractivity contribution < 1.29 is 9.59 Å². The fourth-order valence-electron chi connectivity index (χ4n) is 4.18. The summed E-state index contributed by atoms with van der Waals surface area (Å²) in [6, 6.07) is 24.1. The Kier molecular flexibility index (Phi) is 4.25. The Morgan fingerprint density at radius 3 is 2.45 bits per heavy atom. The lowest BCUT2D eigenvalue weighted by Crippen LogP contribution is -2.61. The Hall–Kier alpha value is -3.31. The van der Waals surface area contributed by atoms with Gasteiger partial charge < -0.3 is 10.2 Å². The van der Waals surface area contributed by atoms with Crippen LogP contribution < -0.4 is 15.1 Å². The normalized spacial score (nSPS) is 20.7. The molecule has 0 aliphatic carbocycles. The first-order chi connectivity index (χ1) is 14.1. The number of nitrogens with zero attached hydrogens (tertiary/aromatic N) is 2. The minimum atomic E-state index is -0.582. The topological polar surface area (TPSA) is 52.7 Å². The predicted octanol–water partition coefficient (Wildman–Crippen LogP) is 4.60. The molecule has 144 valence electrons. The van der Waals surface area contributed by atoms with E-state index in [1.54, 1.807) is 11.0 Å². The number of halogens is 1. The summed E-state index contributed by atoms with van der Waals surface area (Å²) in [6.07, 6.45) is -0.388. The highest BCUT2D eigenvalue weighted by Crippen LogP contribution is 2.45. The third-order valence-corrected chi connectivity index (χ3v) is 5.64. The van der Waals surface area contributed by atoms with E-state index in [4.69, 9.17) is 11.6 Å². The molecule has 1 fully saturated rings. The Morgan fingerprint density at radius 2 is 1.66 bits per heavy atom. The molecule has 2 atom stereocenters. The molecule has 0 saturated carbocycles. The lowest BCUT2D eigenvalue weighted by atomic mass is 9.95. The number of para-hydroxylation sites is 3. The fraction of sp³-hybridized carbons (Fsp3) is 0.130. The summed E-state index contributed by atoms with van der Waals surface area (Å²) in [6.45, 7) is 0. The number of rotatable bonds is 2. The minimum Gasteiger partial charge on any atom is -0.333 e. The van der Waals surface area contributed by atoms with E-state index in [1.165, 1.54) is 0 Å². The molecule has 29 heavy (non-hydrogen) atoms. The summed E-state index contributed by atoms with van der Waals surface area (Å²) in [5.41, 5.74) is 3.26. The van der Waals surface area contributed by atoms with Crippen LogP contribution in [0.5, 0.6) is 0 Å². The predicted molar refractivity (Wildman–Crippen MR) is 114 cm³/mol. The van der Waals surface area contributed by atoms with Gasteiger partial charge in [-0.1, -0.05) is 54.1 Å². The molecular weight excluding hydrogens is 386 g/mol. The van der Waals surface area contributed by atoms with Gasteiger partial charge in [0.2, 0.25) is 11.8 Å². The maximum absolute atomic E-state index is 13.3. The SMILES string of the molecule is O=C1Nc2ccccc2N2C1CC(=O)N(c1ccccc1)C2c1cccc(Cl)c1. The molecule has 2 aliphatic rings. The molecule has 2 heterocycles. The van der Waals surface area contributed by atoms with Crippen LogP contribution in [-0.4, -0.2) is 17.9 Å². The van der Waals surface area contributed by atoms with Crippen LogP contribution >= 0.6 is 11.6 Å². The van der Waals surface area contributed by atoms with Gasteiger partial charge in [0.15, 0.2) is 0 Å². The van der Waals surface area contributed by atoms with E-state index >= 15 is 0 Å². The maximum Gasteiger partial charge on any atom is 0.247 e. The molecule has 0 aromatic heterocycles. The number of anilines is 3. The molecule has 0 bridgehead atoms. The van der Waals surface area contributed by atoms with Gasteiger partial charge in [-0.15, -0.1) is 0 Å². The Labute approximate surface area is 173 Å². The van der Waals surface area contributed by atoms with Crippen molar-refractivity contribution in [2.24, 2.45) is 0 Å². The van der Waals surface area contributed by atoms with E-state index < -0.39 is 12.2 Å². The van der Waals surface area contributed by atoms with Crippen molar-refractivity contribution in [3.05, 3.63) is 89.4 Å². The summed E-state index contributed by atoms with van der Waals surface area (Å²) < 4.78 is 0. The van der Waals surface area contributed by atoms with E-state index in [9.17, 15) is 9.59 Å². The maximum atomic E-state index is 13.3. The summed E-state index contributed by atoms with van der Waals surface area (Å²) in [4.78, 5) is 29.9. The van der Waals surface area contributed by atoms with Crippen molar-refractivity contribution in [1.82, 2.24) is 0 Å². The zero-order valence-electron chi connectivity index (χ0n) is 15.5. The van der Waals surface area contributed by atoms with Crippen molar-refractivity contribution in [3.63, 3.8) is 0 Å². The van der Waals surface area contributed by atoms with Crippen molar-refractivity contribution in [2.45, 2.75) is 18.6 Å². The van der Waals surface area contributed by atoms with Crippen LogP contribution in [0.1, 0.15) is 18.2 Å². The number of hydrogen-bond acceptors (Lipinski definition) is 3. The second kappa shape index (κ2) is 6.94. The molecule has 3 aromatic carbocycles. The van der Waals surface area contributed by atoms with E-state index in [2.05, 4.69) is 5.32 Å². The molecule has 5 nitrogen and oxygen atoms in total. The highest BCUT2D eigenvalue weighted by atomic mass is 35.5. The highest BCUT2D eigenvalue weighted by Gasteiger charge is 2.47. The average Bonchev–Trinajstić information content (AvgIpc) is 2.74. The minimum absolute atomic E-state index is 0.100. The van der Waals surface area contributed by atoms with Crippen LogP contribution in [0, 0.1) is 0 Å². The van der Waals surface area contributed by atoms with Crippen molar-refractivity contribution >= 4 is 40.5 Å². The molecule has 1 saturated heterocycles. The molecule has 2 aliphatic heterocycles. The number of nitrogens with one attached hydrogen (secondary N) is 1. The Balaban J connectivity index is 1.74. The Bertz CT molecular complexity index is 1100. The zero-order chi connectivity index (χ0) is 20.0. The number of fused-ring (bicyclic) bond motifs is 3. The summed E-state index contributed by atoms with van der Waals surface area (Å²) in [5.74, 6) is -0.270. The second-order valence-electron chi connectivity index (χ2n) is 7.16. The summed E-state index contributed by atoms with van der Waals surface area (Å²) in [5, 5.41) is 3.52. The van der Waals surface area contributed by atoms with E-state index in [1.807, 2.05) is 77.7 Å². The zero-order valence-corrected chi connectivity index (χ0v) is 16.2. The molecule has 1 N–H and O–H groups in total. The number of carbonyl (C=O) groups excluding carboxylic acids is 2. The van der Waals surface area contributed by atoms with Crippen LogP contribution in [0.3, 0.4) is 0 Å². The first-order valence-corrected chi connectivity index (χ1v) is 9.82. The van der Waals surface area contributed by atoms with E-state index in [-0.39, 0.29) is 18.2 Å². The summed E-state index contributed by atoms with van der Waals surface area (Å²) >= 11 is 6.30. The standard InChI is InChI=1S/C23H18ClN3O2/c24-16-8-6-7-15(13-16)23-26(17-9-2-1-3-10-17)21(28)14-20-22(29)25-18-11-4-5-12-19(18)27(20)23/h1-13,20,23H,14H2,(H,25,29). The van der Waals surface area contributed by atoms with Crippen molar-refractivity contribution in [2.75, 3.05) is 15.1 Å². The number of hydrogen-bond donors (Lipinski definition) is 1. The quantitative estimate of drug-likeness (QED) is 0.680. The third-order valence-electron chi connectivity index (χ3n) is 5.40. The molecule has 0 spiro atoms.